The van der Waals surface area contributed by atoms with Gasteiger partial charge in [-0.05, 0) is 35.7 Å². The molecule has 0 radical (unpaired) electrons. The highest BCUT2D eigenvalue weighted by Crippen LogP contribution is 2.29. The van der Waals surface area contributed by atoms with Crippen molar-refractivity contribution in [2.24, 2.45) is 0 Å². The first-order valence-electron chi connectivity index (χ1n) is 8.40. The molecule has 3 aromatic rings. The van der Waals surface area contributed by atoms with Gasteiger partial charge in [0.1, 0.15) is 5.58 Å². The number of likely N-dealkylation sites (N-methyl/N-ethyl adjacent to an activating group) is 1. The van der Waals surface area contributed by atoms with Gasteiger partial charge in [-0.3, -0.25) is 4.79 Å². The van der Waals surface area contributed by atoms with E-state index in [-0.39, 0.29) is 18.2 Å². The fourth-order valence-electron chi connectivity index (χ4n) is 3.28. The standard InChI is InChI=1S/C20H20N2O3/c1-22-9-8-13-10-14(6-7-16(13)22)17(23)12-21-20(24)19-11-15-4-2-3-5-18(15)25-19/h2-7,10-11,17,23H,8-9,12H2,1H3,(H,21,24)/t17-/m1/s1. The minimum Gasteiger partial charge on any atom is -0.451 e. The van der Waals surface area contributed by atoms with Crippen LogP contribution >= 0.6 is 0 Å². The van der Waals surface area contributed by atoms with Crippen molar-refractivity contribution in [2.45, 2.75) is 12.5 Å². The highest BCUT2D eigenvalue weighted by atomic mass is 16.3. The Morgan fingerprint density at radius 1 is 1.28 bits per heavy atom. The number of hydrogen-bond donors (Lipinski definition) is 2. The van der Waals surface area contributed by atoms with E-state index in [9.17, 15) is 9.90 Å². The van der Waals surface area contributed by atoms with Gasteiger partial charge in [-0.2, -0.15) is 0 Å². The third-order valence-electron chi connectivity index (χ3n) is 4.72. The molecule has 1 aliphatic rings. The lowest BCUT2D eigenvalue weighted by Crippen LogP contribution is -2.28. The minimum atomic E-state index is -0.746. The molecule has 1 amide bonds. The van der Waals surface area contributed by atoms with E-state index in [0.29, 0.717) is 5.58 Å². The summed E-state index contributed by atoms with van der Waals surface area (Å²) in [7, 11) is 2.06. The van der Waals surface area contributed by atoms with Gasteiger partial charge in [0, 0.05) is 31.2 Å². The molecule has 1 aliphatic heterocycles. The van der Waals surface area contributed by atoms with Gasteiger partial charge in [-0.15, -0.1) is 0 Å². The summed E-state index contributed by atoms with van der Waals surface area (Å²) >= 11 is 0. The van der Waals surface area contributed by atoms with E-state index >= 15 is 0 Å². The summed E-state index contributed by atoms with van der Waals surface area (Å²) in [6.07, 6.45) is 0.238. The second kappa shape index (κ2) is 6.26. The Kier molecular flexibility index (Phi) is 3.93. The third-order valence-corrected chi connectivity index (χ3v) is 4.72. The highest BCUT2D eigenvalue weighted by molar-refractivity contribution is 5.96. The molecule has 2 N–H and O–H groups in total. The molecule has 0 aliphatic carbocycles. The number of nitrogens with zero attached hydrogens (tertiary/aromatic N) is 1. The lowest BCUT2D eigenvalue weighted by Gasteiger charge is -2.15. The van der Waals surface area contributed by atoms with E-state index in [2.05, 4.69) is 17.3 Å². The number of hydrogen-bond acceptors (Lipinski definition) is 4. The minimum absolute atomic E-state index is 0.143. The first-order chi connectivity index (χ1) is 12.1. The fraction of sp³-hybridized carbons (Fsp3) is 0.250. The molecule has 5 nitrogen and oxygen atoms in total. The lowest BCUT2D eigenvalue weighted by atomic mass is 10.0. The second-order valence-corrected chi connectivity index (χ2v) is 6.43. The summed E-state index contributed by atoms with van der Waals surface area (Å²) in [5, 5.41) is 14.0. The molecule has 2 aromatic carbocycles. The Morgan fingerprint density at radius 2 is 2.12 bits per heavy atom. The molecular weight excluding hydrogens is 316 g/mol. The Bertz CT molecular complexity index is 899. The Hall–Kier alpha value is -2.79. The average Bonchev–Trinajstić information content (AvgIpc) is 3.23. The van der Waals surface area contributed by atoms with Crippen LogP contribution in [0.4, 0.5) is 5.69 Å². The van der Waals surface area contributed by atoms with Crippen molar-refractivity contribution < 1.29 is 14.3 Å². The molecule has 0 spiro atoms. The number of anilines is 1. The van der Waals surface area contributed by atoms with Crippen LogP contribution in [0.1, 0.15) is 27.8 Å². The first-order valence-corrected chi connectivity index (χ1v) is 8.40. The third kappa shape index (κ3) is 2.98. The Balaban J connectivity index is 1.43. The highest BCUT2D eigenvalue weighted by Gasteiger charge is 2.19. The predicted molar refractivity (Wildman–Crippen MR) is 96.9 cm³/mol. The summed E-state index contributed by atoms with van der Waals surface area (Å²) in [6.45, 7) is 1.14. The van der Waals surface area contributed by atoms with Crippen LogP contribution in [0.25, 0.3) is 11.0 Å². The van der Waals surface area contributed by atoms with Gasteiger partial charge in [0.2, 0.25) is 0 Å². The molecule has 128 valence electrons. The van der Waals surface area contributed by atoms with E-state index in [1.54, 1.807) is 6.07 Å². The number of aliphatic hydroxyl groups is 1. The van der Waals surface area contributed by atoms with Crippen LogP contribution in [-0.4, -0.2) is 31.2 Å². The zero-order valence-electron chi connectivity index (χ0n) is 14.0. The van der Waals surface area contributed by atoms with Gasteiger partial charge in [-0.1, -0.05) is 30.3 Å². The molecule has 0 bridgehead atoms. The van der Waals surface area contributed by atoms with Crippen LogP contribution in [0.2, 0.25) is 0 Å². The van der Waals surface area contributed by atoms with E-state index in [4.69, 9.17) is 4.42 Å². The molecule has 0 unspecified atom stereocenters. The quantitative estimate of drug-likeness (QED) is 0.769. The fourth-order valence-corrected chi connectivity index (χ4v) is 3.28. The number of carbonyl (C=O) groups excluding carboxylic acids is 1. The number of rotatable bonds is 4. The number of aliphatic hydroxyl groups excluding tert-OH is 1. The first kappa shape index (κ1) is 15.7. The number of amides is 1. The van der Waals surface area contributed by atoms with Crippen LogP contribution in [0, 0.1) is 0 Å². The number of para-hydroxylation sites is 1. The van der Waals surface area contributed by atoms with Crippen molar-refractivity contribution in [3.8, 4) is 0 Å². The van der Waals surface area contributed by atoms with Gasteiger partial charge < -0.3 is 19.7 Å². The Labute approximate surface area is 145 Å². The predicted octanol–water partition coefficient (Wildman–Crippen LogP) is 2.89. The van der Waals surface area contributed by atoms with Crippen molar-refractivity contribution in [2.75, 3.05) is 25.0 Å². The van der Waals surface area contributed by atoms with E-state index in [1.165, 1.54) is 11.3 Å². The van der Waals surface area contributed by atoms with Crippen LogP contribution in [-0.2, 0) is 6.42 Å². The van der Waals surface area contributed by atoms with Crippen LogP contribution in [0.15, 0.2) is 52.9 Å². The Morgan fingerprint density at radius 3 is 2.96 bits per heavy atom. The van der Waals surface area contributed by atoms with Crippen molar-refractivity contribution >= 4 is 22.6 Å². The van der Waals surface area contributed by atoms with Crippen LogP contribution in [0.3, 0.4) is 0 Å². The molecule has 25 heavy (non-hydrogen) atoms. The number of furan rings is 1. The largest absolute Gasteiger partial charge is 0.451 e. The maximum absolute atomic E-state index is 12.3. The summed E-state index contributed by atoms with van der Waals surface area (Å²) in [5.41, 5.74) is 3.94. The second-order valence-electron chi connectivity index (χ2n) is 6.43. The smallest absolute Gasteiger partial charge is 0.287 e. The topological polar surface area (TPSA) is 65.7 Å². The lowest BCUT2D eigenvalue weighted by molar-refractivity contribution is 0.0891. The summed E-state index contributed by atoms with van der Waals surface area (Å²) in [4.78, 5) is 14.5. The molecule has 0 saturated heterocycles. The molecule has 1 atom stereocenters. The molecule has 5 heteroatoms. The number of fused-ring (bicyclic) bond motifs is 2. The number of benzene rings is 2. The van der Waals surface area contributed by atoms with Gasteiger partial charge in [0.05, 0.1) is 6.10 Å². The summed E-state index contributed by atoms with van der Waals surface area (Å²) < 4.78 is 5.54. The zero-order chi connectivity index (χ0) is 17.4. The van der Waals surface area contributed by atoms with Crippen molar-refractivity contribution in [3.05, 3.63) is 65.4 Å². The van der Waals surface area contributed by atoms with Crippen LogP contribution in [0.5, 0.6) is 0 Å². The van der Waals surface area contributed by atoms with E-state index in [1.807, 2.05) is 42.5 Å². The number of carbonyl (C=O) groups is 1. The zero-order valence-corrected chi connectivity index (χ0v) is 14.0. The molecule has 4 rings (SSSR count). The average molecular weight is 336 g/mol. The van der Waals surface area contributed by atoms with Gasteiger partial charge in [0.15, 0.2) is 5.76 Å². The monoisotopic (exact) mass is 336 g/mol. The molecule has 1 aromatic heterocycles. The van der Waals surface area contributed by atoms with E-state index < -0.39 is 6.10 Å². The maximum atomic E-state index is 12.3. The molecule has 0 fully saturated rings. The van der Waals surface area contributed by atoms with Gasteiger partial charge in [-0.25, -0.2) is 0 Å². The van der Waals surface area contributed by atoms with Crippen molar-refractivity contribution in [1.82, 2.24) is 5.32 Å². The van der Waals surface area contributed by atoms with Gasteiger partial charge in [0.25, 0.3) is 5.91 Å². The normalized spacial score (nSPS) is 14.6. The van der Waals surface area contributed by atoms with Crippen molar-refractivity contribution in [3.63, 3.8) is 0 Å². The maximum Gasteiger partial charge on any atom is 0.287 e. The van der Waals surface area contributed by atoms with E-state index in [0.717, 1.165) is 23.9 Å². The molecule has 0 saturated carbocycles. The van der Waals surface area contributed by atoms with Gasteiger partial charge >= 0.3 is 0 Å². The SMILES string of the molecule is CN1CCc2cc([C@H](O)CNC(=O)c3cc4ccccc4o3)ccc21. The number of nitrogens with one attached hydrogen (secondary N) is 1. The molecular formula is C20H20N2O3. The molecule has 2 heterocycles. The van der Waals surface area contributed by atoms with Crippen LogP contribution < -0.4 is 10.2 Å². The summed E-state index contributed by atoms with van der Waals surface area (Å²) in [6, 6.07) is 15.2. The van der Waals surface area contributed by atoms with Crippen molar-refractivity contribution in [1.29, 1.82) is 0 Å². The summed E-state index contributed by atoms with van der Waals surface area (Å²) in [5.74, 6) is -0.0693.